The average Bonchev–Trinajstić information content (AvgIpc) is 2.37. The van der Waals surface area contributed by atoms with Crippen molar-refractivity contribution in [1.29, 1.82) is 0 Å². The first kappa shape index (κ1) is 12.7. The summed E-state index contributed by atoms with van der Waals surface area (Å²) in [6.07, 6.45) is 0. The van der Waals surface area contributed by atoms with Crippen molar-refractivity contribution >= 4 is 0 Å². The van der Waals surface area contributed by atoms with Crippen molar-refractivity contribution in [2.45, 2.75) is 26.4 Å². The highest BCUT2D eigenvalue weighted by atomic mass is 16.3. The third kappa shape index (κ3) is 3.11. The number of benzene rings is 2. The number of hydrogen-bond acceptors (Lipinski definition) is 2. The summed E-state index contributed by atoms with van der Waals surface area (Å²) in [5.74, 6) is 0.317. The average molecular weight is 241 g/mol. The molecule has 1 atom stereocenters. The molecule has 0 aliphatic rings. The zero-order valence-corrected chi connectivity index (χ0v) is 10.9. The zero-order chi connectivity index (χ0) is 13.0. The number of nitrogens with one attached hydrogen (secondary N) is 1. The van der Waals surface area contributed by atoms with Crippen molar-refractivity contribution in [3.8, 4) is 5.75 Å². The number of aromatic hydroxyl groups is 1. The van der Waals surface area contributed by atoms with E-state index in [2.05, 4.69) is 43.4 Å². The molecule has 0 aliphatic carbocycles. The maximum Gasteiger partial charge on any atom is 0.115 e. The molecule has 2 rings (SSSR count). The largest absolute Gasteiger partial charge is 0.508 e. The van der Waals surface area contributed by atoms with E-state index in [1.807, 2.05) is 12.1 Å². The van der Waals surface area contributed by atoms with E-state index in [-0.39, 0.29) is 0 Å². The van der Waals surface area contributed by atoms with Crippen LogP contribution in [0.3, 0.4) is 0 Å². The van der Waals surface area contributed by atoms with E-state index in [1.54, 1.807) is 12.1 Å². The molecular weight excluding hydrogens is 222 g/mol. The third-order valence-electron chi connectivity index (χ3n) is 3.18. The Hall–Kier alpha value is -1.80. The SMILES string of the molecule is Cc1ccccc1C(C)NCc1cccc(O)c1. The summed E-state index contributed by atoms with van der Waals surface area (Å²) in [5, 5.41) is 12.9. The molecule has 2 N–H and O–H groups in total. The molecule has 0 spiro atoms. The molecule has 0 aromatic heterocycles. The Morgan fingerprint density at radius 2 is 1.89 bits per heavy atom. The Kier molecular flexibility index (Phi) is 4.00. The quantitative estimate of drug-likeness (QED) is 0.858. The van der Waals surface area contributed by atoms with Gasteiger partial charge in [-0.15, -0.1) is 0 Å². The first-order valence-corrected chi connectivity index (χ1v) is 6.23. The van der Waals surface area contributed by atoms with Crippen LogP contribution in [0.2, 0.25) is 0 Å². The minimum Gasteiger partial charge on any atom is -0.508 e. The Balaban J connectivity index is 2.00. The molecule has 0 saturated heterocycles. The number of phenolic OH excluding ortho intramolecular Hbond substituents is 1. The van der Waals surface area contributed by atoms with Gasteiger partial charge in [0, 0.05) is 12.6 Å². The van der Waals surface area contributed by atoms with Gasteiger partial charge in [-0.05, 0) is 42.7 Å². The predicted molar refractivity (Wildman–Crippen MR) is 74.5 cm³/mol. The highest BCUT2D eigenvalue weighted by Gasteiger charge is 2.06. The van der Waals surface area contributed by atoms with Crippen LogP contribution in [0.1, 0.15) is 29.7 Å². The van der Waals surface area contributed by atoms with Crippen molar-refractivity contribution in [2.24, 2.45) is 0 Å². The lowest BCUT2D eigenvalue weighted by Crippen LogP contribution is -2.18. The van der Waals surface area contributed by atoms with Crippen LogP contribution in [-0.2, 0) is 6.54 Å². The van der Waals surface area contributed by atoms with Gasteiger partial charge in [-0.3, -0.25) is 0 Å². The number of aryl methyl sites for hydroxylation is 1. The summed E-state index contributed by atoms with van der Waals surface area (Å²) in [7, 11) is 0. The molecule has 1 unspecified atom stereocenters. The Bertz CT molecular complexity index is 522. The molecule has 18 heavy (non-hydrogen) atoms. The Morgan fingerprint density at radius 1 is 1.11 bits per heavy atom. The first-order valence-electron chi connectivity index (χ1n) is 6.23. The molecule has 2 nitrogen and oxygen atoms in total. The zero-order valence-electron chi connectivity index (χ0n) is 10.9. The van der Waals surface area contributed by atoms with Crippen LogP contribution in [0.25, 0.3) is 0 Å². The summed E-state index contributed by atoms with van der Waals surface area (Å²) in [5.41, 5.74) is 3.71. The van der Waals surface area contributed by atoms with Crippen LogP contribution in [0.15, 0.2) is 48.5 Å². The summed E-state index contributed by atoms with van der Waals surface area (Å²) >= 11 is 0. The van der Waals surface area contributed by atoms with Gasteiger partial charge in [-0.2, -0.15) is 0 Å². The lowest BCUT2D eigenvalue weighted by molar-refractivity contribution is 0.473. The maximum atomic E-state index is 9.41. The summed E-state index contributed by atoms with van der Waals surface area (Å²) in [4.78, 5) is 0. The first-order chi connectivity index (χ1) is 8.66. The summed E-state index contributed by atoms with van der Waals surface area (Å²) < 4.78 is 0. The normalized spacial score (nSPS) is 12.3. The second-order valence-corrected chi connectivity index (χ2v) is 4.63. The van der Waals surface area contributed by atoms with Crippen molar-refractivity contribution in [1.82, 2.24) is 5.32 Å². The number of hydrogen-bond donors (Lipinski definition) is 2. The molecular formula is C16H19NO. The fourth-order valence-corrected chi connectivity index (χ4v) is 2.12. The van der Waals surface area contributed by atoms with E-state index >= 15 is 0 Å². The highest BCUT2D eigenvalue weighted by molar-refractivity contribution is 5.29. The lowest BCUT2D eigenvalue weighted by atomic mass is 10.0. The van der Waals surface area contributed by atoms with Crippen molar-refractivity contribution < 1.29 is 5.11 Å². The van der Waals surface area contributed by atoms with Crippen LogP contribution < -0.4 is 5.32 Å². The molecule has 94 valence electrons. The fourth-order valence-electron chi connectivity index (χ4n) is 2.12. The molecule has 0 amide bonds. The van der Waals surface area contributed by atoms with E-state index in [9.17, 15) is 5.11 Å². The minimum absolute atomic E-state index is 0.300. The minimum atomic E-state index is 0.300. The molecule has 0 saturated carbocycles. The molecule has 2 heteroatoms. The second-order valence-electron chi connectivity index (χ2n) is 4.63. The van der Waals surface area contributed by atoms with E-state index in [4.69, 9.17) is 0 Å². The van der Waals surface area contributed by atoms with Crippen LogP contribution in [-0.4, -0.2) is 5.11 Å². The fraction of sp³-hybridized carbons (Fsp3) is 0.250. The van der Waals surface area contributed by atoms with Crippen molar-refractivity contribution in [2.75, 3.05) is 0 Å². The molecule has 0 bridgehead atoms. The monoisotopic (exact) mass is 241 g/mol. The topological polar surface area (TPSA) is 32.3 Å². The maximum absolute atomic E-state index is 9.41. The number of phenols is 1. The van der Waals surface area contributed by atoms with Crippen LogP contribution in [0.4, 0.5) is 0 Å². The molecule has 0 aliphatic heterocycles. The van der Waals surface area contributed by atoms with Crippen LogP contribution in [0.5, 0.6) is 5.75 Å². The van der Waals surface area contributed by atoms with Gasteiger partial charge in [0.15, 0.2) is 0 Å². The van der Waals surface area contributed by atoms with E-state index in [0.717, 1.165) is 12.1 Å². The smallest absolute Gasteiger partial charge is 0.115 e. The van der Waals surface area contributed by atoms with E-state index in [1.165, 1.54) is 11.1 Å². The summed E-state index contributed by atoms with van der Waals surface area (Å²) in [6, 6.07) is 16.1. The van der Waals surface area contributed by atoms with Crippen LogP contribution in [0, 0.1) is 6.92 Å². The standard InChI is InChI=1S/C16H19NO/c1-12-6-3-4-9-16(12)13(2)17-11-14-7-5-8-15(18)10-14/h3-10,13,17-18H,11H2,1-2H3. The number of rotatable bonds is 4. The third-order valence-corrected chi connectivity index (χ3v) is 3.18. The summed E-state index contributed by atoms with van der Waals surface area (Å²) in [6.45, 7) is 5.04. The van der Waals surface area contributed by atoms with Gasteiger partial charge < -0.3 is 10.4 Å². The molecule has 2 aromatic rings. The lowest BCUT2D eigenvalue weighted by Gasteiger charge is -2.16. The van der Waals surface area contributed by atoms with Gasteiger partial charge in [-0.1, -0.05) is 36.4 Å². The van der Waals surface area contributed by atoms with Gasteiger partial charge in [-0.25, -0.2) is 0 Å². The molecule has 2 aromatic carbocycles. The van der Waals surface area contributed by atoms with Crippen molar-refractivity contribution in [3.63, 3.8) is 0 Å². The molecule has 0 heterocycles. The van der Waals surface area contributed by atoms with E-state index < -0.39 is 0 Å². The van der Waals surface area contributed by atoms with Gasteiger partial charge >= 0.3 is 0 Å². The van der Waals surface area contributed by atoms with Gasteiger partial charge in [0.25, 0.3) is 0 Å². The Labute approximate surface area is 108 Å². The van der Waals surface area contributed by atoms with Gasteiger partial charge in [0.05, 0.1) is 0 Å². The predicted octanol–water partition coefficient (Wildman–Crippen LogP) is 3.55. The Morgan fingerprint density at radius 3 is 2.61 bits per heavy atom. The van der Waals surface area contributed by atoms with Crippen LogP contribution >= 0.6 is 0 Å². The van der Waals surface area contributed by atoms with E-state index in [0.29, 0.717) is 11.8 Å². The molecule has 0 radical (unpaired) electrons. The van der Waals surface area contributed by atoms with Gasteiger partial charge in [0.2, 0.25) is 0 Å². The second kappa shape index (κ2) is 5.69. The van der Waals surface area contributed by atoms with Crippen molar-refractivity contribution in [3.05, 3.63) is 65.2 Å². The van der Waals surface area contributed by atoms with Gasteiger partial charge in [0.1, 0.15) is 5.75 Å². The highest BCUT2D eigenvalue weighted by Crippen LogP contribution is 2.18. The molecule has 0 fully saturated rings.